The van der Waals surface area contributed by atoms with Crippen LogP contribution in [-0.2, 0) is 14.3 Å². The number of nitrogens with one attached hydrogen (secondary N) is 1. The monoisotopic (exact) mass is 378 g/mol. The van der Waals surface area contributed by atoms with Gasteiger partial charge in [0.15, 0.2) is 0 Å². The first-order valence-corrected chi connectivity index (χ1v) is 9.26. The molecule has 2 aromatic heterocycles. The number of hydrogen-bond acceptors (Lipinski definition) is 6. The molecule has 2 unspecified atom stereocenters. The van der Waals surface area contributed by atoms with Crippen LogP contribution < -0.4 is 5.32 Å². The second-order valence-electron chi connectivity index (χ2n) is 6.14. The summed E-state index contributed by atoms with van der Waals surface area (Å²) in [5.41, 5.74) is 0. The molecule has 0 spiro atoms. The summed E-state index contributed by atoms with van der Waals surface area (Å²) in [5.74, 6) is 0.774. The molecule has 1 N–H and O–H groups in total. The summed E-state index contributed by atoms with van der Waals surface area (Å²) < 4.78 is 12.8. The van der Waals surface area contributed by atoms with Crippen molar-refractivity contribution in [2.75, 3.05) is 18.5 Å². The second-order valence-corrected chi connectivity index (χ2v) is 6.48. The van der Waals surface area contributed by atoms with Gasteiger partial charge in [-0.1, -0.05) is 0 Å². The lowest BCUT2D eigenvalue weighted by atomic mass is 10.0. The van der Waals surface area contributed by atoms with Crippen LogP contribution in [0.15, 0.2) is 30.6 Å². The first-order chi connectivity index (χ1) is 12.7. The first-order valence-electron chi connectivity index (χ1n) is 8.88. The van der Waals surface area contributed by atoms with Crippen molar-refractivity contribution in [2.24, 2.45) is 0 Å². The average molecular weight is 379 g/mol. The van der Waals surface area contributed by atoms with Crippen molar-refractivity contribution in [1.29, 1.82) is 0 Å². The van der Waals surface area contributed by atoms with E-state index < -0.39 is 6.04 Å². The minimum Gasteiger partial charge on any atom is -0.464 e. The van der Waals surface area contributed by atoms with E-state index in [1.807, 2.05) is 29.1 Å². The Balaban J connectivity index is 1.77. The summed E-state index contributed by atoms with van der Waals surface area (Å²) in [4.78, 5) is 20.8. The molecule has 140 valence electrons. The van der Waals surface area contributed by atoms with Gasteiger partial charge >= 0.3 is 5.97 Å². The van der Waals surface area contributed by atoms with Gasteiger partial charge < -0.3 is 19.4 Å². The Kier molecular flexibility index (Phi) is 6.46. The number of esters is 1. The minimum absolute atomic E-state index is 0.0342. The Labute approximate surface area is 157 Å². The highest BCUT2D eigenvalue weighted by atomic mass is 35.5. The van der Waals surface area contributed by atoms with Crippen LogP contribution >= 0.6 is 11.6 Å². The molecule has 0 saturated carbocycles. The van der Waals surface area contributed by atoms with Gasteiger partial charge in [0.05, 0.1) is 12.7 Å². The van der Waals surface area contributed by atoms with Crippen LogP contribution in [0.3, 0.4) is 0 Å². The van der Waals surface area contributed by atoms with Crippen molar-refractivity contribution in [3.05, 3.63) is 35.9 Å². The lowest BCUT2D eigenvalue weighted by Crippen LogP contribution is -2.37. The number of anilines is 1. The Morgan fingerprint density at radius 2 is 2.23 bits per heavy atom. The molecule has 0 radical (unpaired) electrons. The molecule has 3 rings (SSSR count). The third-order valence-electron chi connectivity index (χ3n) is 4.22. The number of hydrogen-bond donors (Lipinski definition) is 1. The molecule has 3 heterocycles. The Hall–Kier alpha value is -2.12. The number of carbonyl (C=O) groups excluding carboxylic acids is 1. The van der Waals surface area contributed by atoms with Crippen molar-refractivity contribution in [3.63, 3.8) is 0 Å². The Bertz CT molecular complexity index is 717. The molecule has 1 aliphatic heterocycles. The van der Waals surface area contributed by atoms with E-state index in [2.05, 4.69) is 15.3 Å². The zero-order valence-electron chi connectivity index (χ0n) is 14.7. The number of ether oxygens (including phenoxy) is 2. The number of halogens is 1. The summed E-state index contributed by atoms with van der Waals surface area (Å²) in [6, 6.07) is 4.98. The molecule has 0 aromatic carbocycles. The van der Waals surface area contributed by atoms with E-state index in [1.54, 1.807) is 13.0 Å². The van der Waals surface area contributed by atoms with Gasteiger partial charge in [-0.15, -0.1) is 0 Å². The highest BCUT2D eigenvalue weighted by Gasteiger charge is 2.26. The maximum Gasteiger partial charge on any atom is 0.328 e. The SMILES string of the molecule is CCOC(=O)C(CC1CCCCO1)Nc1cc(-n2cccc2)nc(Cl)n1. The molecule has 0 aliphatic carbocycles. The zero-order valence-corrected chi connectivity index (χ0v) is 15.5. The third kappa shape index (κ3) is 4.95. The minimum atomic E-state index is -0.554. The van der Waals surface area contributed by atoms with E-state index in [0.717, 1.165) is 25.9 Å². The van der Waals surface area contributed by atoms with Crippen molar-refractivity contribution in [2.45, 2.75) is 44.8 Å². The number of nitrogens with zero attached hydrogens (tertiary/aromatic N) is 3. The maximum absolute atomic E-state index is 12.4. The summed E-state index contributed by atoms with van der Waals surface area (Å²) in [6.07, 6.45) is 7.40. The van der Waals surface area contributed by atoms with Crippen LogP contribution in [0.1, 0.15) is 32.6 Å². The van der Waals surface area contributed by atoms with Gasteiger partial charge in [0.1, 0.15) is 17.7 Å². The van der Waals surface area contributed by atoms with E-state index in [1.165, 1.54) is 0 Å². The number of carbonyl (C=O) groups is 1. The van der Waals surface area contributed by atoms with Crippen molar-refractivity contribution in [1.82, 2.24) is 14.5 Å². The van der Waals surface area contributed by atoms with E-state index in [0.29, 0.717) is 24.7 Å². The van der Waals surface area contributed by atoms with Gasteiger partial charge in [-0.2, -0.15) is 4.98 Å². The third-order valence-corrected chi connectivity index (χ3v) is 4.39. The molecule has 8 heteroatoms. The molecule has 0 amide bonds. The second kappa shape index (κ2) is 9.00. The normalized spacial score (nSPS) is 18.3. The highest BCUT2D eigenvalue weighted by Crippen LogP contribution is 2.21. The standard InChI is InChI=1S/C18H23ClN4O3/c1-2-25-17(24)14(11-13-7-3-6-10-26-13)20-15-12-16(22-18(19)21-15)23-8-4-5-9-23/h4-5,8-9,12-14H,2-3,6-7,10-11H2,1H3,(H,20,21,22). The van der Waals surface area contributed by atoms with Gasteiger partial charge in [-0.25, -0.2) is 9.78 Å². The summed E-state index contributed by atoms with van der Waals surface area (Å²) >= 11 is 6.07. The topological polar surface area (TPSA) is 78.3 Å². The van der Waals surface area contributed by atoms with Crippen molar-refractivity contribution < 1.29 is 14.3 Å². The summed E-state index contributed by atoms with van der Waals surface area (Å²) in [5, 5.41) is 3.26. The predicted octanol–water partition coefficient (Wildman–Crippen LogP) is 3.22. The molecular weight excluding hydrogens is 356 g/mol. The van der Waals surface area contributed by atoms with Crippen LogP contribution in [0.25, 0.3) is 5.82 Å². The average Bonchev–Trinajstić information content (AvgIpc) is 3.16. The maximum atomic E-state index is 12.4. The van der Waals surface area contributed by atoms with Crippen LogP contribution in [0, 0.1) is 0 Å². The largest absolute Gasteiger partial charge is 0.464 e. The summed E-state index contributed by atoms with van der Waals surface area (Å²) in [7, 11) is 0. The highest BCUT2D eigenvalue weighted by molar-refractivity contribution is 6.28. The Morgan fingerprint density at radius 1 is 1.42 bits per heavy atom. The molecule has 1 aliphatic rings. The first kappa shape index (κ1) is 18.7. The molecule has 1 fully saturated rings. The molecule has 0 bridgehead atoms. The van der Waals surface area contributed by atoms with Crippen LogP contribution in [0.5, 0.6) is 0 Å². The molecule has 7 nitrogen and oxygen atoms in total. The molecule has 2 aromatic rings. The molecule has 2 atom stereocenters. The fourth-order valence-electron chi connectivity index (χ4n) is 2.99. The lowest BCUT2D eigenvalue weighted by Gasteiger charge is -2.26. The quantitative estimate of drug-likeness (QED) is 0.588. The Morgan fingerprint density at radius 3 is 2.92 bits per heavy atom. The van der Waals surface area contributed by atoms with Gasteiger partial charge in [0, 0.05) is 31.5 Å². The predicted molar refractivity (Wildman–Crippen MR) is 98.6 cm³/mol. The number of rotatable bonds is 7. The van der Waals surface area contributed by atoms with Crippen LogP contribution in [0.2, 0.25) is 5.28 Å². The van der Waals surface area contributed by atoms with Crippen LogP contribution in [-0.4, -0.2) is 45.9 Å². The van der Waals surface area contributed by atoms with Crippen molar-refractivity contribution >= 4 is 23.4 Å². The van der Waals surface area contributed by atoms with Gasteiger partial charge in [0.25, 0.3) is 0 Å². The molecule has 1 saturated heterocycles. The van der Waals surface area contributed by atoms with Gasteiger partial charge in [-0.3, -0.25) is 0 Å². The number of aromatic nitrogens is 3. The van der Waals surface area contributed by atoms with Crippen molar-refractivity contribution in [3.8, 4) is 5.82 Å². The van der Waals surface area contributed by atoms with Crippen LogP contribution in [0.4, 0.5) is 5.82 Å². The smallest absolute Gasteiger partial charge is 0.328 e. The van der Waals surface area contributed by atoms with E-state index in [-0.39, 0.29) is 17.4 Å². The van der Waals surface area contributed by atoms with Gasteiger partial charge in [-0.05, 0) is 49.9 Å². The van der Waals surface area contributed by atoms with E-state index >= 15 is 0 Å². The lowest BCUT2D eigenvalue weighted by molar-refractivity contribution is -0.145. The van der Waals surface area contributed by atoms with E-state index in [4.69, 9.17) is 21.1 Å². The summed E-state index contributed by atoms with van der Waals surface area (Å²) in [6.45, 7) is 2.84. The fourth-order valence-corrected chi connectivity index (χ4v) is 3.17. The fraction of sp³-hybridized carbons (Fsp3) is 0.500. The zero-order chi connectivity index (χ0) is 18.4. The van der Waals surface area contributed by atoms with E-state index in [9.17, 15) is 4.79 Å². The molecule has 26 heavy (non-hydrogen) atoms. The van der Waals surface area contributed by atoms with Gasteiger partial charge in [0.2, 0.25) is 5.28 Å². The molecular formula is C18H23ClN4O3.